The highest BCUT2D eigenvalue weighted by molar-refractivity contribution is 5.85. The zero-order chi connectivity index (χ0) is 11.5. The average molecular weight is 258 g/mol. The number of hydrogen-bond donors (Lipinski definition) is 3. The summed E-state index contributed by atoms with van der Waals surface area (Å²) in [5.74, 6) is -0.00592. The maximum Gasteiger partial charge on any atom is 0.157 e. The quantitative estimate of drug-likeness (QED) is 0.729. The molecule has 1 atom stereocenters. The van der Waals surface area contributed by atoms with Gasteiger partial charge in [-0.1, -0.05) is 6.92 Å². The first-order valence-electron chi connectivity index (χ1n) is 5.97. The van der Waals surface area contributed by atoms with Crippen LogP contribution in [-0.2, 0) is 12.8 Å². The number of phenols is 2. The molecule has 0 aromatic heterocycles. The van der Waals surface area contributed by atoms with E-state index in [4.69, 9.17) is 0 Å². The minimum absolute atomic E-state index is 0. The molecule has 2 rings (SSSR count). The maximum absolute atomic E-state index is 9.47. The van der Waals surface area contributed by atoms with Gasteiger partial charge in [-0.05, 0) is 55.5 Å². The second-order valence-electron chi connectivity index (χ2n) is 4.50. The standard InChI is InChI=1S/C13H19NO2.ClH/c1-2-5-14-11-4-3-9-7-12(15)13(16)8-10(9)6-11;/h7-8,11,14-16H,2-6H2,1H3;1H/t11-;/m1./s1. The van der Waals surface area contributed by atoms with E-state index in [0.29, 0.717) is 6.04 Å². The van der Waals surface area contributed by atoms with Crippen LogP contribution in [0.5, 0.6) is 11.5 Å². The van der Waals surface area contributed by atoms with Gasteiger partial charge in [0.2, 0.25) is 0 Å². The number of hydrogen-bond acceptors (Lipinski definition) is 3. The van der Waals surface area contributed by atoms with E-state index >= 15 is 0 Å². The fraction of sp³-hybridized carbons (Fsp3) is 0.538. The van der Waals surface area contributed by atoms with Crippen molar-refractivity contribution in [2.75, 3.05) is 6.54 Å². The van der Waals surface area contributed by atoms with Crippen molar-refractivity contribution in [1.82, 2.24) is 5.32 Å². The molecule has 0 bridgehead atoms. The fourth-order valence-electron chi connectivity index (χ4n) is 2.31. The Bertz CT molecular complexity index is 382. The summed E-state index contributed by atoms with van der Waals surface area (Å²) in [7, 11) is 0. The smallest absolute Gasteiger partial charge is 0.157 e. The zero-order valence-electron chi connectivity index (χ0n) is 10.1. The topological polar surface area (TPSA) is 52.5 Å². The molecule has 0 spiro atoms. The van der Waals surface area contributed by atoms with E-state index in [1.54, 1.807) is 12.1 Å². The Balaban J connectivity index is 0.00000144. The van der Waals surface area contributed by atoms with Crippen LogP contribution < -0.4 is 5.32 Å². The minimum atomic E-state index is -0.00473. The van der Waals surface area contributed by atoms with Crippen LogP contribution in [-0.4, -0.2) is 22.8 Å². The van der Waals surface area contributed by atoms with Crippen molar-refractivity contribution < 1.29 is 10.2 Å². The number of nitrogens with one attached hydrogen (secondary N) is 1. The van der Waals surface area contributed by atoms with Crippen LogP contribution in [0.2, 0.25) is 0 Å². The lowest BCUT2D eigenvalue weighted by atomic mass is 9.88. The van der Waals surface area contributed by atoms with Crippen molar-refractivity contribution in [3.8, 4) is 11.5 Å². The van der Waals surface area contributed by atoms with Crippen LogP contribution in [0.15, 0.2) is 12.1 Å². The van der Waals surface area contributed by atoms with Crippen LogP contribution in [0.1, 0.15) is 30.9 Å². The number of aromatic hydroxyl groups is 2. The lowest BCUT2D eigenvalue weighted by Gasteiger charge is -2.25. The molecule has 0 unspecified atom stereocenters. The summed E-state index contributed by atoms with van der Waals surface area (Å²) in [4.78, 5) is 0. The Morgan fingerprint density at radius 2 is 1.88 bits per heavy atom. The van der Waals surface area contributed by atoms with Crippen LogP contribution in [0, 0.1) is 0 Å². The van der Waals surface area contributed by atoms with Crippen LogP contribution >= 0.6 is 12.4 Å². The molecule has 1 aromatic carbocycles. The van der Waals surface area contributed by atoms with Crippen molar-refractivity contribution >= 4 is 12.4 Å². The van der Waals surface area contributed by atoms with Crippen LogP contribution in [0.3, 0.4) is 0 Å². The summed E-state index contributed by atoms with van der Waals surface area (Å²) in [6.07, 6.45) is 4.18. The van der Waals surface area contributed by atoms with Gasteiger partial charge in [0.05, 0.1) is 0 Å². The van der Waals surface area contributed by atoms with Gasteiger partial charge in [-0.2, -0.15) is 0 Å². The van der Waals surface area contributed by atoms with E-state index in [9.17, 15) is 10.2 Å². The van der Waals surface area contributed by atoms with Crippen molar-refractivity contribution in [2.24, 2.45) is 0 Å². The normalized spacial score (nSPS) is 18.3. The van der Waals surface area contributed by atoms with Crippen molar-refractivity contribution in [3.05, 3.63) is 23.3 Å². The molecule has 0 amide bonds. The predicted molar refractivity (Wildman–Crippen MR) is 71.1 cm³/mol. The molecule has 0 heterocycles. The van der Waals surface area contributed by atoms with Crippen LogP contribution in [0.25, 0.3) is 0 Å². The number of benzene rings is 1. The first kappa shape index (κ1) is 14.1. The largest absolute Gasteiger partial charge is 0.504 e. The summed E-state index contributed by atoms with van der Waals surface area (Å²) >= 11 is 0. The third-order valence-electron chi connectivity index (χ3n) is 3.21. The lowest BCUT2D eigenvalue weighted by molar-refractivity contribution is 0.398. The fourth-order valence-corrected chi connectivity index (χ4v) is 2.31. The molecule has 0 fully saturated rings. The molecule has 1 aliphatic rings. The lowest BCUT2D eigenvalue weighted by Crippen LogP contribution is -2.34. The Kier molecular flexibility index (Phi) is 5.09. The van der Waals surface area contributed by atoms with E-state index < -0.39 is 0 Å². The molecule has 96 valence electrons. The monoisotopic (exact) mass is 257 g/mol. The third kappa shape index (κ3) is 3.27. The van der Waals surface area contributed by atoms with Gasteiger partial charge in [-0.15, -0.1) is 12.4 Å². The Morgan fingerprint density at radius 1 is 1.24 bits per heavy atom. The van der Waals surface area contributed by atoms with Crippen molar-refractivity contribution in [3.63, 3.8) is 0 Å². The molecule has 0 aliphatic heterocycles. The van der Waals surface area contributed by atoms with E-state index in [1.165, 1.54) is 5.56 Å². The molecule has 0 saturated carbocycles. The van der Waals surface area contributed by atoms with E-state index in [2.05, 4.69) is 12.2 Å². The molecule has 0 saturated heterocycles. The van der Waals surface area contributed by atoms with E-state index in [1.807, 2.05) is 0 Å². The first-order valence-corrected chi connectivity index (χ1v) is 5.97. The summed E-state index contributed by atoms with van der Waals surface area (Å²) in [5, 5.41) is 22.4. The maximum atomic E-state index is 9.47. The van der Waals surface area contributed by atoms with Gasteiger partial charge >= 0.3 is 0 Å². The van der Waals surface area contributed by atoms with Gasteiger partial charge in [-0.3, -0.25) is 0 Å². The second-order valence-corrected chi connectivity index (χ2v) is 4.50. The molecule has 17 heavy (non-hydrogen) atoms. The highest BCUT2D eigenvalue weighted by atomic mass is 35.5. The number of phenolic OH excluding ortho intramolecular Hbond substituents is 2. The van der Waals surface area contributed by atoms with Crippen LogP contribution in [0.4, 0.5) is 0 Å². The van der Waals surface area contributed by atoms with Gasteiger partial charge in [0.1, 0.15) is 0 Å². The summed E-state index contributed by atoms with van der Waals surface area (Å²) in [6.45, 7) is 3.21. The van der Waals surface area contributed by atoms with Gasteiger partial charge in [0, 0.05) is 6.04 Å². The molecular weight excluding hydrogens is 238 g/mol. The zero-order valence-corrected chi connectivity index (χ0v) is 10.9. The predicted octanol–water partition coefficient (Wildman–Crippen LogP) is 2.38. The molecule has 3 N–H and O–H groups in total. The van der Waals surface area contributed by atoms with Crippen molar-refractivity contribution in [1.29, 1.82) is 0 Å². The van der Waals surface area contributed by atoms with Gasteiger partial charge < -0.3 is 15.5 Å². The number of fused-ring (bicyclic) bond motifs is 1. The molecular formula is C13H20ClNO2. The number of halogens is 1. The molecule has 0 radical (unpaired) electrons. The Morgan fingerprint density at radius 3 is 2.53 bits per heavy atom. The second kappa shape index (κ2) is 6.12. The van der Waals surface area contributed by atoms with Gasteiger partial charge in [0.25, 0.3) is 0 Å². The highest BCUT2D eigenvalue weighted by Gasteiger charge is 2.19. The molecule has 4 heteroatoms. The van der Waals surface area contributed by atoms with E-state index in [-0.39, 0.29) is 23.9 Å². The molecule has 1 aromatic rings. The van der Waals surface area contributed by atoms with Gasteiger partial charge in [0.15, 0.2) is 11.5 Å². The SMILES string of the molecule is CCCN[C@@H]1CCc2cc(O)c(O)cc2C1.Cl. The Hall–Kier alpha value is -0.930. The number of aryl methyl sites for hydroxylation is 1. The summed E-state index contributed by atoms with van der Waals surface area (Å²) in [6, 6.07) is 3.90. The Labute approximate surface area is 108 Å². The number of rotatable bonds is 3. The minimum Gasteiger partial charge on any atom is -0.504 e. The average Bonchev–Trinajstić information content (AvgIpc) is 2.28. The molecule has 3 nitrogen and oxygen atoms in total. The first-order chi connectivity index (χ1) is 7.70. The van der Waals surface area contributed by atoms with E-state index in [0.717, 1.165) is 37.8 Å². The summed E-state index contributed by atoms with van der Waals surface area (Å²) < 4.78 is 0. The third-order valence-corrected chi connectivity index (χ3v) is 3.21. The summed E-state index contributed by atoms with van der Waals surface area (Å²) in [5.41, 5.74) is 2.33. The van der Waals surface area contributed by atoms with Crippen molar-refractivity contribution in [2.45, 2.75) is 38.6 Å². The molecule has 1 aliphatic carbocycles. The highest BCUT2D eigenvalue weighted by Crippen LogP contribution is 2.32. The van der Waals surface area contributed by atoms with Gasteiger partial charge in [-0.25, -0.2) is 0 Å².